The quantitative estimate of drug-likeness (QED) is 0.887. The number of benzene rings is 1. The van der Waals surface area contributed by atoms with Gasteiger partial charge in [-0.2, -0.15) is 0 Å². The molecule has 0 aliphatic carbocycles. The fraction of sp³-hybridized carbons (Fsp3) is 0.562. The molecular weight excluding hydrogens is 301 g/mol. The van der Waals surface area contributed by atoms with E-state index in [0.717, 1.165) is 44.7 Å². The topological polar surface area (TPSA) is 65.0 Å². The first kappa shape index (κ1) is 15.9. The molecular formula is C16H22FN3O3. The molecule has 3 rings (SSSR count). The molecule has 1 unspecified atom stereocenters. The maximum Gasteiger partial charge on any atom is 0.407 e. The van der Waals surface area contributed by atoms with Gasteiger partial charge in [-0.1, -0.05) is 0 Å². The number of amides is 1. The fourth-order valence-corrected chi connectivity index (χ4v) is 3.14. The van der Waals surface area contributed by atoms with Crippen molar-refractivity contribution in [2.24, 2.45) is 0 Å². The Kier molecular flexibility index (Phi) is 4.85. The van der Waals surface area contributed by atoms with E-state index < -0.39 is 6.09 Å². The molecule has 1 amide bonds. The van der Waals surface area contributed by atoms with Crippen LogP contribution in [0.25, 0.3) is 0 Å². The van der Waals surface area contributed by atoms with Gasteiger partial charge in [-0.15, -0.1) is 0 Å². The molecule has 2 aliphatic rings. The minimum Gasteiger partial charge on any atom is -0.486 e. The molecule has 126 valence electrons. The minimum absolute atomic E-state index is 0.233. The molecule has 1 aromatic rings. The van der Waals surface area contributed by atoms with Gasteiger partial charge >= 0.3 is 6.09 Å². The number of rotatable bonds is 3. The SMILES string of the molecule is O=C(O)N1CCCC(Oc2cc(F)ccc2N2CCNCC2)C1. The normalized spacial score (nSPS) is 22.0. The van der Waals surface area contributed by atoms with Crippen LogP contribution < -0.4 is 15.0 Å². The number of nitrogens with one attached hydrogen (secondary N) is 1. The Morgan fingerprint density at radius 2 is 2.09 bits per heavy atom. The number of carbonyl (C=O) groups is 1. The first-order valence-electron chi connectivity index (χ1n) is 8.03. The molecule has 1 aromatic carbocycles. The zero-order valence-corrected chi connectivity index (χ0v) is 13.0. The van der Waals surface area contributed by atoms with Crippen LogP contribution in [0.1, 0.15) is 12.8 Å². The standard InChI is InChI=1S/C16H22FN3O3/c17-12-3-4-14(19-8-5-18-6-9-19)15(10-12)23-13-2-1-7-20(11-13)16(21)22/h3-4,10,13,18H,1-2,5-9,11H2,(H,21,22). The molecule has 2 heterocycles. The van der Waals surface area contributed by atoms with Gasteiger partial charge in [0.25, 0.3) is 0 Å². The van der Waals surface area contributed by atoms with Gasteiger partial charge in [0, 0.05) is 38.8 Å². The van der Waals surface area contributed by atoms with Gasteiger partial charge in [0.2, 0.25) is 0 Å². The molecule has 0 spiro atoms. The summed E-state index contributed by atoms with van der Waals surface area (Å²) in [5, 5.41) is 12.4. The summed E-state index contributed by atoms with van der Waals surface area (Å²) >= 11 is 0. The van der Waals surface area contributed by atoms with Gasteiger partial charge in [-0.05, 0) is 25.0 Å². The summed E-state index contributed by atoms with van der Waals surface area (Å²) < 4.78 is 19.7. The molecule has 0 bridgehead atoms. The van der Waals surface area contributed by atoms with Crippen LogP contribution in [0.3, 0.4) is 0 Å². The van der Waals surface area contributed by atoms with Gasteiger partial charge in [0.05, 0.1) is 12.2 Å². The van der Waals surface area contributed by atoms with Gasteiger partial charge in [-0.3, -0.25) is 0 Å². The van der Waals surface area contributed by atoms with Gasteiger partial charge < -0.3 is 25.0 Å². The Labute approximate surface area is 134 Å². The minimum atomic E-state index is -0.931. The van der Waals surface area contributed by atoms with Crippen molar-refractivity contribution in [2.75, 3.05) is 44.2 Å². The summed E-state index contributed by atoms with van der Waals surface area (Å²) in [5.41, 5.74) is 0.875. The predicted octanol–water partition coefficient (Wildman–Crippen LogP) is 1.76. The highest BCUT2D eigenvalue weighted by molar-refractivity contribution is 5.65. The first-order valence-corrected chi connectivity index (χ1v) is 8.03. The second kappa shape index (κ2) is 7.04. The van der Waals surface area contributed by atoms with E-state index in [9.17, 15) is 9.18 Å². The number of anilines is 1. The van der Waals surface area contributed by atoms with E-state index in [0.29, 0.717) is 18.8 Å². The van der Waals surface area contributed by atoms with Crippen LogP contribution in [0, 0.1) is 5.82 Å². The van der Waals surface area contributed by atoms with Crippen molar-refractivity contribution in [2.45, 2.75) is 18.9 Å². The number of hydrogen-bond acceptors (Lipinski definition) is 4. The molecule has 6 nitrogen and oxygen atoms in total. The van der Waals surface area contributed by atoms with E-state index in [-0.39, 0.29) is 11.9 Å². The second-order valence-corrected chi connectivity index (χ2v) is 5.96. The Bertz CT molecular complexity index is 564. The molecule has 2 N–H and O–H groups in total. The van der Waals surface area contributed by atoms with Crippen LogP contribution in [0.4, 0.5) is 14.9 Å². The van der Waals surface area contributed by atoms with Crippen LogP contribution in [-0.4, -0.2) is 61.5 Å². The number of piperidine rings is 1. The number of ether oxygens (including phenoxy) is 1. The van der Waals surface area contributed by atoms with Crippen molar-refractivity contribution in [1.29, 1.82) is 0 Å². The zero-order valence-electron chi connectivity index (χ0n) is 13.0. The Hall–Kier alpha value is -2.02. The van der Waals surface area contributed by atoms with Crippen LogP contribution in [0.15, 0.2) is 18.2 Å². The molecule has 2 fully saturated rings. The van der Waals surface area contributed by atoms with E-state index in [2.05, 4.69) is 10.2 Å². The summed E-state index contributed by atoms with van der Waals surface area (Å²) in [4.78, 5) is 14.6. The lowest BCUT2D eigenvalue weighted by Gasteiger charge is -2.34. The summed E-state index contributed by atoms with van der Waals surface area (Å²) in [7, 11) is 0. The number of carboxylic acid groups (broad SMARTS) is 1. The molecule has 2 saturated heterocycles. The Balaban J connectivity index is 1.75. The second-order valence-electron chi connectivity index (χ2n) is 5.96. The Morgan fingerprint density at radius 3 is 2.83 bits per heavy atom. The zero-order chi connectivity index (χ0) is 16.2. The van der Waals surface area contributed by atoms with Gasteiger partial charge in [0.1, 0.15) is 17.7 Å². The highest BCUT2D eigenvalue weighted by atomic mass is 19.1. The van der Waals surface area contributed by atoms with E-state index in [4.69, 9.17) is 9.84 Å². The predicted molar refractivity (Wildman–Crippen MR) is 84.7 cm³/mol. The van der Waals surface area contributed by atoms with E-state index in [1.54, 1.807) is 6.07 Å². The summed E-state index contributed by atoms with van der Waals surface area (Å²) in [6, 6.07) is 4.58. The number of piperazine rings is 1. The fourth-order valence-electron chi connectivity index (χ4n) is 3.14. The molecule has 23 heavy (non-hydrogen) atoms. The van der Waals surface area contributed by atoms with Crippen molar-refractivity contribution < 1.29 is 19.0 Å². The van der Waals surface area contributed by atoms with Crippen LogP contribution in [0.5, 0.6) is 5.75 Å². The van der Waals surface area contributed by atoms with E-state index in [1.807, 2.05) is 0 Å². The van der Waals surface area contributed by atoms with Crippen LogP contribution >= 0.6 is 0 Å². The monoisotopic (exact) mass is 323 g/mol. The first-order chi connectivity index (χ1) is 11.1. The smallest absolute Gasteiger partial charge is 0.407 e. The third kappa shape index (κ3) is 3.85. The molecule has 7 heteroatoms. The molecule has 1 atom stereocenters. The average molecular weight is 323 g/mol. The largest absolute Gasteiger partial charge is 0.486 e. The number of hydrogen-bond donors (Lipinski definition) is 2. The number of nitrogens with zero attached hydrogens (tertiary/aromatic N) is 2. The van der Waals surface area contributed by atoms with Crippen LogP contribution in [0.2, 0.25) is 0 Å². The third-order valence-corrected chi connectivity index (χ3v) is 4.32. The van der Waals surface area contributed by atoms with Crippen molar-refractivity contribution in [3.8, 4) is 5.75 Å². The maximum absolute atomic E-state index is 13.7. The van der Waals surface area contributed by atoms with Crippen LogP contribution in [-0.2, 0) is 0 Å². The summed E-state index contributed by atoms with van der Waals surface area (Å²) in [5.74, 6) is 0.161. The molecule has 0 radical (unpaired) electrons. The number of likely N-dealkylation sites (tertiary alicyclic amines) is 1. The lowest BCUT2D eigenvalue weighted by Crippen LogP contribution is -2.45. The highest BCUT2D eigenvalue weighted by Gasteiger charge is 2.26. The van der Waals surface area contributed by atoms with E-state index >= 15 is 0 Å². The van der Waals surface area contributed by atoms with Crippen molar-refractivity contribution in [3.05, 3.63) is 24.0 Å². The van der Waals surface area contributed by atoms with Crippen molar-refractivity contribution in [1.82, 2.24) is 10.2 Å². The van der Waals surface area contributed by atoms with Gasteiger partial charge in [0.15, 0.2) is 0 Å². The summed E-state index contributed by atoms with van der Waals surface area (Å²) in [6.07, 6.45) is 0.375. The highest BCUT2D eigenvalue weighted by Crippen LogP contribution is 2.31. The molecule has 0 aromatic heterocycles. The Morgan fingerprint density at radius 1 is 1.30 bits per heavy atom. The summed E-state index contributed by atoms with van der Waals surface area (Å²) in [6.45, 7) is 4.30. The number of halogens is 1. The average Bonchev–Trinajstić information content (AvgIpc) is 2.56. The van der Waals surface area contributed by atoms with Crippen molar-refractivity contribution >= 4 is 11.8 Å². The lowest BCUT2D eigenvalue weighted by molar-refractivity contribution is 0.0792. The maximum atomic E-state index is 13.7. The third-order valence-electron chi connectivity index (χ3n) is 4.32. The lowest BCUT2D eigenvalue weighted by atomic mass is 10.1. The van der Waals surface area contributed by atoms with Crippen molar-refractivity contribution in [3.63, 3.8) is 0 Å². The van der Waals surface area contributed by atoms with Gasteiger partial charge in [-0.25, -0.2) is 9.18 Å². The molecule has 0 saturated carbocycles. The van der Waals surface area contributed by atoms with E-state index in [1.165, 1.54) is 17.0 Å². The molecule has 2 aliphatic heterocycles.